The molecule has 0 atom stereocenters. The lowest BCUT2D eigenvalue weighted by Crippen LogP contribution is -2.24. The molecule has 5 heteroatoms. The third-order valence-corrected chi connectivity index (χ3v) is 2.16. The van der Waals surface area contributed by atoms with Crippen LogP contribution in [-0.2, 0) is 11.3 Å². The van der Waals surface area contributed by atoms with Gasteiger partial charge in [-0.15, -0.1) is 0 Å². The Bertz CT molecular complexity index is 394. The topological polar surface area (TPSA) is 42.8 Å². The van der Waals surface area contributed by atoms with Crippen LogP contribution in [-0.4, -0.2) is 25.0 Å². The molecule has 0 saturated heterocycles. The van der Waals surface area contributed by atoms with Crippen LogP contribution in [0.25, 0.3) is 0 Å². The highest BCUT2D eigenvalue weighted by Crippen LogP contribution is 2.18. The van der Waals surface area contributed by atoms with Gasteiger partial charge in [-0.3, -0.25) is 10.3 Å². The van der Waals surface area contributed by atoms with Crippen molar-refractivity contribution in [1.82, 2.24) is 5.48 Å². The van der Waals surface area contributed by atoms with E-state index in [2.05, 4.69) is 10.5 Å². The fraction of sp³-hybridized carbons (Fsp3) is 0.333. The van der Waals surface area contributed by atoms with Gasteiger partial charge in [-0.2, -0.15) is 0 Å². The number of aliphatic imine (C=N–C) groups is 1. The van der Waals surface area contributed by atoms with E-state index in [0.29, 0.717) is 18.9 Å². The summed E-state index contributed by atoms with van der Waals surface area (Å²) in [6, 6.07) is 7.82. The Kier molecular flexibility index (Phi) is 6.21. The maximum atomic E-state index is 5.53. The summed E-state index contributed by atoms with van der Waals surface area (Å²) in [5.74, 6) is 1.50. The van der Waals surface area contributed by atoms with Crippen LogP contribution < -0.4 is 10.2 Å². The average Bonchev–Trinajstić information content (AvgIpc) is 2.33. The highest BCUT2D eigenvalue weighted by Gasteiger charge is 2.06. The summed E-state index contributed by atoms with van der Waals surface area (Å²) in [4.78, 5) is 8.87. The Morgan fingerprint density at radius 3 is 2.88 bits per heavy atom. The first kappa shape index (κ1) is 13.6. The molecule has 0 aliphatic carbocycles. The minimum atomic E-state index is 0.581. The smallest absolute Gasteiger partial charge is 0.131 e. The second-order valence-electron chi connectivity index (χ2n) is 3.20. The first-order chi connectivity index (χ1) is 8.31. The monoisotopic (exact) mass is 252 g/mol. The van der Waals surface area contributed by atoms with Gasteiger partial charge in [-0.25, -0.2) is 4.99 Å². The number of thiocarbonyl (C=S) groups is 1. The maximum Gasteiger partial charge on any atom is 0.131 e. The summed E-state index contributed by atoms with van der Waals surface area (Å²) >= 11 is 4.70. The van der Waals surface area contributed by atoms with Crippen molar-refractivity contribution in [1.29, 1.82) is 0 Å². The highest BCUT2D eigenvalue weighted by atomic mass is 32.1. The van der Waals surface area contributed by atoms with Crippen LogP contribution in [0.5, 0.6) is 5.75 Å². The largest absolute Gasteiger partial charge is 0.494 e. The Labute approximate surface area is 107 Å². The molecule has 92 valence electrons. The molecule has 0 saturated carbocycles. The van der Waals surface area contributed by atoms with Crippen LogP contribution in [0.2, 0.25) is 0 Å². The lowest BCUT2D eigenvalue weighted by molar-refractivity contribution is 0.143. The van der Waals surface area contributed by atoms with Gasteiger partial charge in [0.15, 0.2) is 0 Å². The number of nitrogens with one attached hydrogen (secondary N) is 1. The molecule has 0 aliphatic heterocycles. The molecule has 0 radical (unpaired) electrons. The summed E-state index contributed by atoms with van der Waals surface area (Å²) in [5, 5.41) is 0. The van der Waals surface area contributed by atoms with Gasteiger partial charge in [-0.1, -0.05) is 30.4 Å². The lowest BCUT2D eigenvalue weighted by atomic mass is 10.1. The van der Waals surface area contributed by atoms with Crippen molar-refractivity contribution >= 4 is 23.5 Å². The fourth-order valence-corrected chi connectivity index (χ4v) is 1.54. The van der Waals surface area contributed by atoms with Gasteiger partial charge in [0.05, 0.1) is 19.2 Å². The summed E-state index contributed by atoms with van der Waals surface area (Å²) in [6.45, 7) is 2.59. The SMILES string of the molecule is CCOc1ccccc1CC(=NC=S)NOC. The molecule has 0 spiro atoms. The number of nitrogens with zero attached hydrogens (tertiary/aromatic N) is 1. The molecular formula is C12H16N2O2S. The first-order valence-electron chi connectivity index (χ1n) is 5.31. The van der Waals surface area contributed by atoms with Crippen LogP contribution >= 0.6 is 12.2 Å². The zero-order chi connectivity index (χ0) is 12.5. The normalized spacial score (nSPS) is 11.1. The lowest BCUT2D eigenvalue weighted by Gasteiger charge is -2.11. The molecule has 0 heterocycles. The molecule has 1 aromatic carbocycles. The van der Waals surface area contributed by atoms with Gasteiger partial charge in [0.2, 0.25) is 0 Å². The predicted octanol–water partition coefficient (Wildman–Crippen LogP) is 2.13. The van der Waals surface area contributed by atoms with Crippen molar-refractivity contribution in [3.8, 4) is 5.75 Å². The quantitative estimate of drug-likeness (QED) is 0.364. The van der Waals surface area contributed by atoms with Crippen LogP contribution in [0.1, 0.15) is 12.5 Å². The molecule has 1 rings (SSSR count). The second-order valence-corrected chi connectivity index (χ2v) is 3.42. The minimum Gasteiger partial charge on any atom is -0.494 e. The van der Waals surface area contributed by atoms with Gasteiger partial charge in [0, 0.05) is 12.0 Å². The summed E-state index contributed by atoms with van der Waals surface area (Å²) in [5.41, 5.74) is 5.04. The molecule has 0 unspecified atom stereocenters. The Balaban J connectivity index is 2.84. The van der Waals surface area contributed by atoms with Gasteiger partial charge in [0.1, 0.15) is 11.6 Å². The minimum absolute atomic E-state index is 0.581. The average molecular weight is 252 g/mol. The zero-order valence-corrected chi connectivity index (χ0v) is 10.8. The number of para-hydroxylation sites is 1. The van der Waals surface area contributed by atoms with E-state index in [1.807, 2.05) is 31.2 Å². The van der Waals surface area contributed by atoms with Crippen molar-refractivity contribution in [2.75, 3.05) is 13.7 Å². The van der Waals surface area contributed by atoms with Crippen molar-refractivity contribution in [3.63, 3.8) is 0 Å². The molecule has 0 fully saturated rings. The summed E-state index contributed by atoms with van der Waals surface area (Å²) in [6.07, 6.45) is 0.581. The number of hydroxylamine groups is 1. The van der Waals surface area contributed by atoms with Gasteiger partial charge in [-0.05, 0) is 13.0 Å². The van der Waals surface area contributed by atoms with E-state index < -0.39 is 0 Å². The standard InChI is InChI=1S/C12H16N2O2S/c1-3-16-11-7-5-4-6-10(11)8-12(13-9-17)14-15-2/h4-7,9H,3,8H2,1-2H3,(H,13,14,17). The molecular weight excluding hydrogens is 236 g/mol. The van der Waals surface area contributed by atoms with E-state index in [4.69, 9.17) is 21.8 Å². The van der Waals surface area contributed by atoms with Gasteiger partial charge in [0.25, 0.3) is 0 Å². The van der Waals surface area contributed by atoms with Gasteiger partial charge >= 0.3 is 0 Å². The van der Waals surface area contributed by atoms with E-state index in [9.17, 15) is 0 Å². The fourth-order valence-electron chi connectivity index (χ4n) is 1.42. The van der Waals surface area contributed by atoms with Crippen molar-refractivity contribution in [2.45, 2.75) is 13.3 Å². The van der Waals surface area contributed by atoms with Crippen LogP contribution in [0.15, 0.2) is 29.3 Å². The van der Waals surface area contributed by atoms with E-state index in [-0.39, 0.29) is 0 Å². The highest BCUT2D eigenvalue weighted by molar-refractivity contribution is 7.78. The van der Waals surface area contributed by atoms with Gasteiger partial charge < -0.3 is 4.74 Å². The van der Waals surface area contributed by atoms with Crippen LogP contribution in [0.4, 0.5) is 0 Å². The Morgan fingerprint density at radius 1 is 1.47 bits per heavy atom. The van der Waals surface area contributed by atoms with Crippen molar-refractivity contribution in [2.24, 2.45) is 4.99 Å². The number of rotatable bonds is 6. The zero-order valence-electron chi connectivity index (χ0n) is 9.97. The van der Waals surface area contributed by atoms with E-state index in [1.54, 1.807) is 0 Å². The molecule has 0 aliphatic rings. The number of ether oxygens (including phenoxy) is 1. The number of benzene rings is 1. The Hall–Kier alpha value is -1.46. The van der Waals surface area contributed by atoms with Crippen molar-refractivity contribution < 1.29 is 9.57 Å². The molecule has 0 bridgehead atoms. The summed E-state index contributed by atoms with van der Waals surface area (Å²) in [7, 11) is 1.54. The van der Waals surface area contributed by atoms with Crippen molar-refractivity contribution in [3.05, 3.63) is 29.8 Å². The third-order valence-electron chi connectivity index (χ3n) is 2.06. The van der Waals surface area contributed by atoms with Crippen LogP contribution in [0.3, 0.4) is 0 Å². The number of hydrogen-bond donors (Lipinski definition) is 1. The maximum absolute atomic E-state index is 5.53. The molecule has 1 N–H and O–H groups in total. The molecule has 4 nitrogen and oxygen atoms in total. The molecule has 0 aromatic heterocycles. The van der Waals surface area contributed by atoms with E-state index in [0.717, 1.165) is 11.3 Å². The van der Waals surface area contributed by atoms with E-state index in [1.165, 1.54) is 12.6 Å². The Morgan fingerprint density at radius 2 is 2.24 bits per heavy atom. The van der Waals surface area contributed by atoms with Crippen LogP contribution in [0, 0.1) is 0 Å². The predicted molar refractivity (Wildman–Crippen MR) is 72.5 cm³/mol. The first-order valence-corrected chi connectivity index (χ1v) is 5.79. The number of hydrogen-bond acceptors (Lipinski definition) is 3. The molecule has 17 heavy (non-hydrogen) atoms. The summed E-state index contributed by atoms with van der Waals surface area (Å²) < 4.78 is 5.53. The van der Waals surface area contributed by atoms with E-state index >= 15 is 0 Å². The number of amidine groups is 1. The molecule has 0 amide bonds. The third kappa shape index (κ3) is 4.50. The second kappa shape index (κ2) is 7.76. The molecule has 1 aromatic rings.